The smallest absolute Gasteiger partial charge is 0.0517 e. The molecule has 6 aromatic rings. The largest absolute Gasteiger partial charge is 0.334 e. The van der Waals surface area contributed by atoms with E-state index >= 15 is 0 Å². The van der Waals surface area contributed by atoms with Gasteiger partial charge in [-0.15, -0.1) is 0 Å². The summed E-state index contributed by atoms with van der Waals surface area (Å²) in [6.07, 6.45) is 6.96. The van der Waals surface area contributed by atoms with Gasteiger partial charge in [-0.2, -0.15) is 0 Å². The average molecular weight is 493 g/mol. The molecule has 0 N–H and O–H groups in total. The van der Waals surface area contributed by atoms with E-state index in [1.807, 2.05) is 6.20 Å². The first kappa shape index (κ1) is 22.1. The average Bonchev–Trinajstić information content (AvgIpc) is 3.14. The monoisotopic (exact) mass is 492 g/mol. The second kappa shape index (κ2) is 7.57. The number of hydrogen-bond acceptors (Lipinski definition) is 2. The van der Waals surface area contributed by atoms with Gasteiger partial charge >= 0.3 is 0 Å². The Balaban J connectivity index is 1.38. The molecule has 1 aromatic heterocycles. The lowest BCUT2D eigenvalue weighted by Crippen LogP contribution is -2.54. The molecular formula is C36H32N2. The number of hydrogen-bond donors (Lipinski definition) is 0. The van der Waals surface area contributed by atoms with Crippen molar-refractivity contribution < 1.29 is 0 Å². The van der Waals surface area contributed by atoms with Gasteiger partial charge in [0.1, 0.15) is 0 Å². The maximum absolute atomic E-state index is 4.50. The fourth-order valence-corrected chi connectivity index (χ4v) is 7.96. The Morgan fingerprint density at radius 2 is 1.47 bits per heavy atom. The van der Waals surface area contributed by atoms with Crippen LogP contribution in [0.5, 0.6) is 0 Å². The highest BCUT2D eigenvalue weighted by Crippen LogP contribution is 2.61. The molecule has 0 spiro atoms. The van der Waals surface area contributed by atoms with Gasteiger partial charge in [0, 0.05) is 28.7 Å². The molecule has 0 amide bonds. The number of benzene rings is 5. The predicted molar refractivity (Wildman–Crippen MR) is 161 cm³/mol. The number of aromatic nitrogens is 1. The summed E-state index contributed by atoms with van der Waals surface area (Å²) < 4.78 is 0. The van der Waals surface area contributed by atoms with Crippen molar-refractivity contribution in [2.24, 2.45) is 0 Å². The summed E-state index contributed by atoms with van der Waals surface area (Å²) in [5, 5.41) is 8.09. The Labute approximate surface area is 224 Å². The van der Waals surface area contributed by atoms with Crippen LogP contribution in [0.2, 0.25) is 0 Å². The van der Waals surface area contributed by atoms with Crippen LogP contribution in [0.3, 0.4) is 0 Å². The van der Waals surface area contributed by atoms with Gasteiger partial charge < -0.3 is 4.90 Å². The van der Waals surface area contributed by atoms with Gasteiger partial charge in [0.25, 0.3) is 0 Å². The predicted octanol–water partition coefficient (Wildman–Crippen LogP) is 9.70. The van der Waals surface area contributed by atoms with Crippen molar-refractivity contribution in [3.8, 4) is 11.1 Å². The Hall–Kier alpha value is -3.91. The minimum absolute atomic E-state index is 0.0443. The summed E-state index contributed by atoms with van der Waals surface area (Å²) in [4.78, 5) is 7.15. The summed E-state index contributed by atoms with van der Waals surface area (Å²) in [5.74, 6) is 0. The molecular weight excluding hydrogens is 460 g/mol. The molecule has 1 saturated carbocycles. The van der Waals surface area contributed by atoms with Crippen LogP contribution in [0.4, 0.5) is 11.4 Å². The van der Waals surface area contributed by atoms with E-state index in [0.29, 0.717) is 0 Å². The van der Waals surface area contributed by atoms with Gasteiger partial charge in [0.2, 0.25) is 0 Å². The van der Waals surface area contributed by atoms with Crippen molar-refractivity contribution in [3.63, 3.8) is 0 Å². The molecule has 2 heterocycles. The van der Waals surface area contributed by atoms with Crippen LogP contribution in [-0.4, -0.2) is 10.5 Å². The third kappa shape index (κ3) is 2.76. The van der Waals surface area contributed by atoms with E-state index in [-0.39, 0.29) is 11.0 Å². The lowest BCUT2D eigenvalue weighted by Gasteiger charge is -2.50. The fourth-order valence-electron chi connectivity index (χ4n) is 7.96. The quantitative estimate of drug-likeness (QED) is 0.224. The van der Waals surface area contributed by atoms with Crippen molar-refractivity contribution in [1.82, 2.24) is 4.98 Å². The molecule has 2 unspecified atom stereocenters. The van der Waals surface area contributed by atoms with Gasteiger partial charge in [-0.3, -0.25) is 4.98 Å². The van der Waals surface area contributed by atoms with Crippen LogP contribution >= 0.6 is 0 Å². The van der Waals surface area contributed by atoms with Crippen molar-refractivity contribution in [3.05, 3.63) is 102 Å². The first-order valence-corrected chi connectivity index (χ1v) is 14.0. The Bertz CT molecular complexity index is 1870. The molecule has 2 nitrogen and oxygen atoms in total. The third-order valence-corrected chi connectivity index (χ3v) is 10.1. The number of pyridine rings is 1. The number of rotatable bonds is 2. The molecule has 1 aliphatic carbocycles. The Morgan fingerprint density at radius 3 is 2.29 bits per heavy atom. The number of aryl methyl sites for hydroxylation is 1. The van der Waals surface area contributed by atoms with E-state index in [2.05, 4.69) is 116 Å². The molecule has 1 aliphatic heterocycles. The molecule has 186 valence electrons. The van der Waals surface area contributed by atoms with E-state index in [4.69, 9.17) is 0 Å². The van der Waals surface area contributed by atoms with Gasteiger partial charge in [0.15, 0.2) is 0 Å². The highest BCUT2D eigenvalue weighted by atomic mass is 15.3. The molecule has 2 aliphatic rings. The van der Waals surface area contributed by atoms with Crippen molar-refractivity contribution in [1.29, 1.82) is 0 Å². The number of nitrogens with zero attached hydrogens (tertiary/aromatic N) is 2. The normalized spacial score (nSPS) is 22.9. The van der Waals surface area contributed by atoms with Crippen LogP contribution in [0.1, 0.15) is 50.8 Å². The molecule has 2 atom stereocenters. The topological polar surface area (TPSA) is 16.1 Å². The van der Waals surface area contributed by atoms with E-state index in [1.54, 1.807) is 0 Å². The van der Waals surface area contributed by atoms with Gasteiger partial charge in [-0.25, -0.2) is 0 Å². The zero-order valence-electron chi connectivity index (χ0n) is 22.4. The van der Waals surface area contributed by atoms with Crippen LogP contribution in [-0.2, 0) is 5.41 Å². The summed E-state index contributed by atoms with van der Waals surface area (Å²) in [6.45, 7) is 7.12. The zero-order valence-corrected chi connectivity index (χ0v) is 22.4. The van der Waals surface area contributed by atoms with Gasteiger partial charge in [-0.05, 0) is 100.0 Å². The molecule has 0 bridgehead atoms. The molecule has 0 saturated heterocycles. The fraction of sp³-hybridized carbons (Fsp3) is 0.250. The zero-order chi connectivity index (χ0) is 25.6. The standard InChI is InChI=1S/C36H32N2/c1-23-21-28(17-20-37-23)38-32-16-13-27(22-31(32)35(2)18-4-5-19-36(35,38)3)29-14-11-26-10-9-24-7-6-8-25-12-15-30(29)34(26)33(24)25/h6-17,20-22H,4-5,18-19H2,1-3H3. The second-order valence-electron chi connectivity index (χ2n) is 12.0. The molecule has 38 heavy (non-hydrogen) atoms. The summed E-state index contributed by atoms with van der Waals surface area (Å²) in [5.41, 5.74) is 7.99. The maximum Gasteiger partial charge on any atom is 0.0517 e. The second-order valence-corrected chi connectivity index (χ2v) is 12.0. The highest BCUT2D eigenvalue weighted by Gasteiger charge is 2.57. The molecule has 5 aromatic carbocycles. The SMILES string of the molecule is Cc1cc(N2c3ccc(-c4ccc5ccc6cccc7ccc4c5c67)cc3C3(C)CCCCC23C)ccn1. The Kier molecular flexibility index (Phi) is 4.40. The molecule has 1 fully saturated rings. The third-order valence-electron chi connectivity index (χ3n) is 10.1. The van der Waals surface area contributed by atoms with E-state index in [1.165, 1.54) is 86.1 Å². The summed E-state index contributed by atoms with van der Waals surface area (Å²) in [7, 11) is 0. The van der Waals surface area contributed by atoms with Crippen LogP contribution in [0.25, 0.3) is 43.4 Å². The number of fused-ring (bicyclic) bond motifs is 3. The van der Waals surface area contributed by atoms with E-state index in [9.17, 15) is 0 Å². The van der Waals surface area contributed by atoms with Crippen molar-refractivity contribution in [2.75, 3.05) is 4.90 Å². The van der Waals surface area contributed by atoms with Crippen molar-refractivity contribution >= 4 is 43.7 Å². The molecule has 2 heteroatoms. The summed E-state index contributed by atoms with van der Waals surface area (Å²) in [6, 6.07) is 32.2. The van der Waals surface area contributed by atoms with E-state index in [0.717, 1.165) is 5.69 Å². The van der Waals surface area contributed by atoms with E-state index < -0.39 is 0 Å². The van der Waals surface area contributed by atoms with Crippen LogP contribution in [0, 0.1) is 6.92 Å². The minimum Gasteiger partial charge on any atom is -0.334 e. The first-order valence-electron chi connectivity index (χ1n) is 14.0. The van der Waals surface area contributed by atoms with Crippen molar-refractivity contribution in [2.45, 2.75) is 57.4 Å². The lowest BCUT2D eigenvalue weighted by atomic mass is 9.61. The first-order chi connectivity index (χ1) is 18.5. The van der Waals surface area contributed by atoms with Gasteiger partial charge in [-0.1, -0.05) is 80.4 Å². The van der Waals surface area contributed by atoms with Crippen LogP contribution < -0.4 is 4.90 Å². The molecule has 8 rings (SSSR count). The summed E-state index contributed by atoms with van der Waals surface area (Å²) >= 11 is 0. The lowest BCUT2D eigenvalue weighted by molar-refractivity contribution is 0.195. The van der Waals surface area contributed by atoms with Gasteiger partial charge in [0.05, 0.1) is 5.54 Å². The Morgan fingerprint density at radius 1 is 0.737 bits per heavy atom. The van der Waals surface area contributed by atoms with Crippen LogP contribution in [0.15, 0.2) is 91.1 Å². The minimum atomic E-state index is 0.0443. The highest BCUT2D eigenvalue weighted by molar-refractivity contribution is 6.25. The number of anilines is 2. The maximum atomic E-state index is 4.50. The molecule has 0 radical (unpaired) electrons.